The fraction of sp³-hybridized carbons (Fsp3) is 0.211. The Kier molecular flexibility index (Phi) is 4.52. The second-order valence-corrected chi connectivity index (χ2v) is 5.83. The van der Waals surface area contributed by atoms with Crippen molar-refractivity contribution in [2.45, 2.75) is 27.3 Å². The van der Waals surface area contributed by atoms with Gasteiger partial charge in [0.2, 0.25) is 5.95 Å². The Morgan fingerprint density at radius 2 is 2.04 bits per heavy atom. The van der Waals surface area contributed by atoms with Crippen molar-refractivity contribution in [3.05, 3.63) is 63.9 Å². The molecule has 0 saturated carbocycles. The number of hydrogen-bond acceptors (Lipinski definition) is 5. The second-order valence-electron chi connectivity index (χ2n) is 5.83. The van der Waals surface area contributed by atoms with E-state index in [0.29, 0.717) is 34.7 Å². The molecule has 3 rings (SSSR count). The van der Waals surface area contributed by atoms with Gasteiger partial charge in [0, 0.05) is 12.1 Å². The lowest BCUT2D eigenvalue weighted by Gasteiger charge is -2.11. The van der Waals surface area contributed by atoms with Crippen molar-refractivity contribution in [2.75, 3.05) is 5.43 Å². The third kappa shape index (κ3) is 3.24. The first-order valence-electron chi connectivity index (χ1n) is 8.11. The van der Waals surface area contributed by atoms with Crippen molar-refractivity contribution in [3.63, 3.8) is 0 Å². The lowest BCUT2D eigenvalue weighted by Crippen LogP contribution is -2.23. The van der Waals surface area contributed by atoms with Crippen LogP contribution < -0.4 is 11.0 Å². The number of fused-ring (bicyclic) bond motifs is 1. The number of rotatable bonds is 4. The lowest BCUT2D eigenvalue weighted by molar-refractivity contribution is 0.474. The summed E-state index contributed by atoms with van der Waals surface area (Å²) in [5, 5.41) is 14.9. The Morgan fingerprint density at radius 3 is 2.80 bits per heavy atom. The van der Waals surface area contributed by atoms with Gasteiger partial charge < -0.3 is 5.11 Å². The van der Waals surface area contributed by atoms with Gasteiger partial charge in [0.05, 0.1) is 16.6 Å². The van der Waals surface area contributed by atoms with Gasteiger partial charge >= 0.3 is 0 Å². The average molecular weight is 336 g/mol. The number of phenols is 1. The van der Waals surface area contributed by atoms with Gasteiger partial charge in [-0.3, -0.25) is 9.36 Å². The predicted molar refractivity (Wildman–Crippen MR) is 100 cm³/mol. The third-order valence-electron chi connectivity index (χ3n) is 4.04. The Hall–Kier alpha value is -3.15. The SMILES string of the molecule is CCn1c(N/N=C(\C)c2cc(C)ccc2O)nc2ccccc2c1=O. The minimum atomic E-state index is -0.109. The highest BCUT2D eigenvalue weighted by molar-refractivity contribution is 6.01. The minimum absolute atomic E-state index is 0.109. The number of anilines is 1. The van der Waals surface area contributed by atoms with Gasteiger partial charge in [-0.1, -0.05) is 23.8 Å². The molecule has 0 aliphatic heterocycles. The molecule has 3 aromatic rings. The van der Waals surface area contributed by atoms with Crippen LogP contribution in [0.3, 0.4) is 0 Å². The van der Waals surface area contributed by atoms with Gasteiger partial charge in [-0.2, -0.15) is 5.10 Å². The number of benzene rings is 2. The first-order chi connectivity index (χ1) is 12.0. The molecule has 2 N–H and O–H groups in total. The largest absolute Gasteiger partial charge is 0.507 e. The fourth-order valence-electron chi connectivity index (χ4n) is 2.68. The first-order valence-corrected chi connectivity index (χ1v) is 8.11. The predicted octanol–water partition coefficient (Wildman–Crippen LogP) is 3.27. The molecule has 6 nitrogen and oxygen atoms in total. The van der Waals surface area contributed by atoms with Crippen molar-refractivity contribution < 1.29 is 5.11 Å². The van der Waals surface area contributed by atoms with Crippen LogP contribution in [-0.4, -0.2) is 20.4 Å². The van der Waals surface area contributed by atoms with E-state index in [9.17, 15) is 9.90 Å². The summed E-state index contributed by atoms with van der Waals surface area (Å²) in [4.78, 5) is 17.1. The number of aromatic hydroxyl groups is 1. The number of nitrogens with zero attached hydrogens (tertiary/aromatic N) is 3. The molecule has 1 aromatic heterocycles. The third-order valence-corrected chi connectivity index (χ3v) is 4.04. The van der Waals surface area contributed by atoms with Crippen molar-refractivity contribution in [2.24, 2.45) is 5.10 Å². The number of nitrogens with one attached hydrogen (secondary N) is 1. The molecule has 0 spiro atoms. The highest BCUT2D eigenvalue weighted by atomic mass is 16.3. The summed E-state index contributed by atoms with van der Waals surface area (Å²) >= 11 is 0. The fourth-order valence-corrected chi connectivity index (χ4v) is 2.68. The number of hydrogen-bond donors (Lipinski definition) is 2. The van der Waals surface area contributed by atoms with Crippen LogP contribution in [0.5, 0.6) is 5.75 Å². The van der Waals surface area contributed by atoms with Crippen molar-refractivity contribution in [1.29, 1.82) is 0 Å². The lowest BCUT2D eigenvalue weighted by atomic mass is 10.1. The van der Waals surface area contributed by atoms with Gasteiger partial charge in [0.15, 0.2) is 0 Å². The van der Waals surface area contributed by atoms with Crippen molar-refractivity contribution in [1.82, 2.24) is 9.55 Å². The Morgan fingerprint density at radius 1 is 1.28 bits per heavy atom. The van der Waals surface area contributed by atoms with E-state index in [-0.39, 0.29) is 11.3 Å². The van der Waals surface area contributed by atoms with E-state index in [1.165, 1.54) is 4.57 Å². The van der Waals surface area contributed by atoms with Crippen LogP contribution in [0.4, 0.5) is 5.95 Å². The maximum Gasteiger partial charge on any atom is 0.262 e. The van der Waals surface area contributed by atoms with Crippen LogP contribution in [0.15, 0.2) is 52.4 Å². The smallest absolute Gasteiger partial charge is 0.262 e. The molecule has 0 unspecified atom stereocenters. The van der Waals surface area contributed by atoms with Crippen molar-refractivity contribution in [3.8, 4) is 5.75 Å². The number of phenolic OH excluding ortho intramolecular Hbond substituents is 1. The summed E-state index contributed by atoms with van der Waals surface area (Å²) in [6, 6.07) is 12.6. The average Bonchev–Trinajstić information content (AvgIpc) is 2.62. The van der Waals surface area contributed by atoms with Gasteiger partial charge in [-0.05, 0) is 45.0 Å². The molecule has 0 bridgehead atoms. The van der Waals surface area contributed by atoms with E-state index in [4.69, 9.17) is 0 Å². The quantitative estimate of drug-likeness (QED) is 0.566. The molecule has 25 heavy (non-hydrogen) atoms. The molecule has 0 atom stereocenters. The number of aryl methyl sites for hydroxylation is 1. The molecule has 0 radical (unpaired) electrons. The molecule has 128 valence electrons. The number of hydrazone groups is 1. The van der Waals surface area contributed by atoms with Gasteiger partial charge in [0.1, 0.15) is 5.75 Å². The Balaban J connectivity index is 2.03. The van der Waals surface area contributed by atoms with Gasteiger partial charge in [-0.15, -0.1) is 0 Å². The van der Waals surface area contributed by atoms with Crippen LogP contribution in [-0.2, 0) is 6.54 Å². The summed E-state index contributed by atoms with van der Waals surface area (Å²) in [5.41, 5.74) is 5.64. The van der Waals surface area contributed by atoms with Crippen LogP contribution >= 0.6 is 0 Å². The minimum Gasteiger partial charge on any atom is -0.507 e. The second kappa shape index (κ2) is 6.76. The van der Waals surface area contributed by atoms with E-state index >= 15 is 0 Å². The Labute approximate surface area is 145 Å². The van der Waals surface area contributed by atoms with E-state index in [0.717, 1.165) is 5.56 Å². The van der Waals surface area contributed by atoms with Crippen LogP contribution in [0, 0.1) is 6.92 Å². The van der Waals surface area contributed by atoms with Crippen LogP contribution in [0.1, 0.15) is 25.0 Å². The number of aromatic nitrogens is 2. The summed E-state index contributed by atoms with van der Waals surface area (Å²) in [7, 11) is 0. The maximum absolute atomic E-state index is 12.6. The van der Waals surface area contributed by atoms with E-state index < -0.39 is 0 Å². The molecular weight excluding hydrogens is 316 g/mol. The Bertz CT molecular complexity index is 1020. The monoisotopic (exact) mass is 336 g/mol. The molecule has 0 amide bonds. The van der Waals surface area contributed by atoms with Gasteiger partial charge in [-0.25, -0.2) is 10.4 Å². The van der Waals surface area contributed by atoms with Gasteiger partial charge in [0.25, 0.3) is 5.56 Å². The summed E-state index contributed by atoms with van der Waals surface area (Å²) in [6.45, 7) is 6.09. The standard InChI is InChI=1S/C19H20N4O2/c1-4-23-18(25)14-7-5-6-8-16(14)20-19(23)22-21-13(3)15-11-12(2)9-10-17(15)24/h5-11,24H,4H2,1-3H3,(H,20,22)/b21-13+. The molecule has 6 heteroatoms. The molecule has 0 aliphatic carbocycles. The maximum atomic E-state index is 12.6. The zero-order valence-corrected chi connectivity index (χ0v) is 14.4. The topological polar surface area (TPSA) is 79.5 Å². The highest BCUT2D eigenvalue weighted by Gasteiger charge is 2.10. The van der Waals surface area contributed by atoms with Crippen molar-refractivity contribution >= 4 is 22.6 Å². The molecule has 0 fully saturated rings. The molecule has 0 saturated heterocycles. The summed E-state index contributed by atoms with van der Waals surface area (Å²) < 4.78 is 1.54. The van der Waals surface area contributed by atoms with E-state index in [1.54, 1.807) is 25.1 Å². The normalized spacial score (nSPS) is 11.7. The highest BCUT2D eigenvalue weighted by Crippen LogP contribution is 2.19. The first kappa shape index (κ1) is 16.7. The molecule has 0 aliphatic rings. The summed E-state index contributed by atoms with van der Waals surface area (Å²) in [5.74, 6) is 0.533. The number of para-hydroxylation sites is 1. The van der Waals surface area contributed by atoms with E-state index in [2.05, 4.69) is 15.5 Å². The van der Waals surface area contributed by atoms with Crippen LogP contribution in [0.2, 0.25) is 0 Å². The zero-order chi connectivity index (χ0) is 18.0. The van der Waals surface area contributed by atoms with Crippen LogP contribution in [0.25, 0.3) is 10.9 Å². The molecular formula is C19H20N4O2. The summed E-state index contributed by atoms with van der Waals surface area (Å²) in [6.07, 6.45) is 0. The molecule has 2 aromatic carbocycles. The zero-order valence-electron chi connectivity index (χ0n) is 14.4. The molecule has 1 heterocycles. The van der Waals surface area contributed by atoms with E-state index in [1.807, 2.05) is 38.1 Å².